The van der Waals surface area contributed by atoms with Crippen molar-refractivity contribution in [2.24, 2.45) is 0 Å². The van der Waals surface area contributed by atoms with Crippen molar-refractivity contribution < 1.29 is 8.42 Å². The summed E-state index contributed by atoms with van der Waals surface area (Å²) in [6.45, 7) is 11.5. The summed E-state index contributed by atoms with van der Waals surface area (Å²) in [7, 11) is -3.37. The van der Waals surface area contributed by atoms with Gasteiger partial charge in [-0.05, 0) is 25.5 Å². The van der Waals surface area contributed by atoms with Crippen LogP contribution in [0.4, 0.5) is 0 Å². The SMILES string of the molecule is CCCNCc1cc(S(=O)(=O)N(CC)CC)cn1CCC. The van der Waals surface area contributed by atoms with Crippen LogP contribution in [0.3, 0.4) is 0 Å². The molecule has 0 saturated heterocycles. The third-order valence-electron chi connectivity index (χ3n) is 3.50. The molecule has 0 saturated carbocycles. The number of aromatic nitrogens is 1. The van der Waals surface area contributed by atoms with Crippen LogP contribution in [-0.4, -0.2) is 36.9 Å². The lowest BCUT2D eigenvalue weighted by molar-refractivity contribution is 0.445. The van der Waals surface area contributed by atoms with E-state index < -0.39 is 10.0 Å². The van der Waals surface area contributed by atoms with Gasteiger partial charge in [-0.1, -0.05) is 27.7 Å². The zero-order valence-electron chi connectivity index (χ0n) is 13.7. The van der Waals surface area contributed by atoms with Crippen LogP contribution in [0.15, 0.2) is 17.2 Å². The van der Waals surface area contributed by atoms with E-state index in [1.54, 1.807) is 6.20 Å². The lowest BCUT2D eigenvalue weighted by Gasteiger charge is -2.17. The number of hydrogen-bond donors (Lipinski definition) is 1. The van der Waals surface area contributed by atoms with Crippen molar-refractivity contribution in [3.8, 4) is 0 Å². The van der Waals surface area contributed by atoms with Gasteiger partial charge in [-0.15, -0.1) is 0 Å². The monoisotopic (exact) mass is 315 g/mol. The minimum atomic E-state index is -3.37. The zero-order chi connectivity index (χ0) is 15.9. The first kappa shape index (κ1) is 18.2. The van der Waals surface area contributed by atoms with Crippen LogP contribution in [0.1, 0.15) is 46.2 Å². The molecule has 0 fully saturated rings. The molecule has 0 bridgehead atoms. The molecular weight excluding hydrogens is 286 g/mol. The van der Waals surface area contributed by atoms with Crippen molar-refractivity contribution >= 4 is 10.0 Å². The molecule has 0 unspecified atom stereocenters. The molecule has 1 aromatic heterocycles. The quantitative estimate of drug-likeness (QED) is 0.675. The van der Waals surface area contributed by atoms with E-state index in [1.165, 1.54) is 4.31 Å². The number of hydrogen-bond acceptors (Lipinski definition) is 3. The van der Waals surface area contributed by atoms with Crippen LogP contribution in [0.25, 0.3) is 0 Å². The van der Waals surface area contributed by atoms with Crippen molar-refractivity contribution in [2.45, 2.75) is 58.5 Å². The molecule has 0 aromatic carbocycles. The van der Waals surface area contributed by atoms with Crippen LogP contribution in [0.2, 0.25) is 0 Å². The standard InChI is InChI=1S/C15H29N3O2S/c1-5-9-16-12-14-11-15(13-17(14)10-6-2)21(19,20)18(7-3)8-4/h11,13,16H,5-10,12H2,1-4H3. The molecule has 0 aliphatic rings. The number of nitrogens with one attached hydrogen (secondary N) is 1. The van der Waals surface area contributed by atoms with Gasteiger partial charge in [-0.3, -0.25) is 0 Å². The molecule has 0 spiro atoms. The number of sulfonamides is 1. The lowest BCUT2D eigenvalue weighted by atomic mass is 10.4. The molecule has 5 nitrogen and oxygen atoms in total. The predicted octanol–water partition coefficient (Wildman–Crippen LogP) is 2.43. The number of aryl methyl sites for hydroxylation is 1. The Kier molecular flexibility index (Phi) is 7.42. The molecule has 0 amide bonds. The van der Waals surface area contributed by atoms with Crippen molar-refractivity contribution in [1.29, 1.82) is 0 Å². The number of nitrogens with zero attached hydrogens (tertiary/aromatic N) is 2. The van der Waals surface area contributed by atoms with E-state index in [1.807, 2.05) is 19.9 Å². The Morgan fingerprint density at radius 3 is 2.33 bits per heavy atom. The molecule has 21 heavy (non-hydrogen) atoms. The first-order valence-corrected chi connectivity index (χ1v) is 9.35. The van der Waals surface area contributed by atoms with Crippen LogP contribution in [0, 0.1) is 0 Å². The molecule has 122 valence electrons. The molecule has 6 heteroatoms. The van der Waals surface area contributed by atoms with E-state index in [0.29, 0.717) is 24.5 Å². The van der Waals surface area contributed by atoms with Crippen LogP contribution < -0.4 is 5.32 Å². The smallest absolute Gasteiger partial charge is 0.244 e. The first-order chi connectivity index (χ1) is 10.0. The van der Waals surface area contributed by atoms with Crippen LogP contribution in [-0.2, 0) is 23.1 Å². The third-order valence-corrected chi connectivity index (χ3v) is 5.52. The molecule has 1 rings (SSSR count). The van der Waals surface area contributed by atoms with E-state index >= 15 is 0 Å². The molecule has 1 heterocycles. The minimum absolute atomic E-state index is 0.410. The maximum Gasteiger partial charge on any atom is 0.244 e. The van der Waals surface area contributed by atoms with Crippen molar-refractivity contribution in [1.82, 2.24) is 14.2 Å². The van der Waals surface area contributed by atoms with Gasteiger partial charge in [-0.2, -0.15) is 4.31 Å². The molecule has 1 N–H and O–H groups in total. The Bertz CT molecular complexity index is 519. The zero-order valence-corrected chi connectivity index (χ0v) is 14.5. The fourth-order valence-electron chi connectivity index (χ4n) is 2.37. The average Bonchev–Trinajstić information content (AvgIpc) is 2.85. The van der Waals surface area contributed by atoms with E-state index in [-0.39, 0.29) is 0 Å². The summed E-state index contributed by atoms with van der Waals surface area (Å²) in [5, 5.41) is 3.34. The van der Waals surface area contributed by atoms with Crippen molar-refractivity contribution in [3.05, 3.63) is 18.0 Å². The Morgan fingerprint density at radius 2 is 1.81 bits per heavy atom. The molecular formula is C15H29N3O2S. The van der Waals surface area contributed by atoms with E-state index in [4.69, 9.17) is 0 Å². The highest BCUT2D eigenvalue weighted by Gasteiger charge is 2.24. The van der Waals surface area contributed by atoms with Crippen molar-refractivity contribution in [2.75, 3.05) is 19.6 Å². The summed E-state index contributed by atoms with van der Waals surface area (Å²) in [5.41, 5.74) is 1.04. The van der Waals surface area contributed by atoms with Crippen LogP contribution >= 0.6 is 0 Å². The molecule has 1 aromatic rings. The summed E-state index contributed by atoms with van der Waals surface area (Å²) < 4.78 is 28.7. The normalized spacial score (nSPS) is 12.2. The van der Waals surface area contributed by atoms with E-state index in [0.717, 1.165) is 31.6 Å². The van der Waals surface area contributed by atoms with Gasteiger partial charge in [0.05, 0.1) is 0 Å². The fraction of sp³-hybridized carbons (Fsp3) is 0.733. The highest BCUT2D eigenvalue weighted by molar-refractivity contribution is 7.89. The van der Waals surface area contributed by atoms with Gasteiger partial charge in [0.15, 0.2) is 0 Å². The maximum atomic E-state index is 12.6. The molecule has 0 aliphatic heterocycles. The Hall–Kier alpha value is -0.850. The molecule has 0 atom stereocenters. The minimum Gasteiger partial charge on any atom is -0.349 e. The molecule has 0 aliphatic carbocycles. The van der Waals surface area contributed by atoms with Gasteiger partial charge in [-0.25, -0.2) is 8.42 Å². The Morgan fingerprint density at radius 1 is 1.14 bits per heavy atom. The van der Waals surface area contributed by atoms with Gasteiger partial charge >= 0.3 is 0 Å². The average molecular weight is 315 g/mol. The van der Waals surface area contributed by atoms with Gasteiger partial charge in [0, 0.05) is 38.1 Å². The highest BCUT2D eigenvalue weighted by atomic mass is 32.2. The maximum absolute atomic E-state index is 12.6. The Balaban J connectivity index is 3.05. The fourth-order valence-corrected chi connectivity index (χ4v) is 3.89. The highest BCUT2D eigenvalue weighted by Crippen LogP contribution is 2.19. The summed E-state index contributed by atoms with van der Waals surface area (Å²) >= 11 is 0. The second-order valence-corrected chi connectivity index (χ2v) is 7.06. The summed E-state index contributed by atoms with van der Waals surface area (Å²) in [5.74, 6) is 0. The van der Waals surface area contributed by atoms with Gasteiger partial charge in [0.1, 0.15) is 4.90 Å². The second kappa shape index (κ2) is 8.56. The van der Waals surface area contributed by atoms with Gasteiger partial charge in [0.25, 0.3) is 0 Å². The first-order valence-electron chi connectivity index (χ1n) is 7.91. The lowest BCUT2D eigenvalue weighted by Crippen LogP contribution is -2.30. The van der Waals surface area contributed by atoms with Crippen LogP contribution in [0.5, 0.6) is 0 Å². The number of rotatable bonds is 10. The Labute approximate surface area is 129 Å². The second-order valence-electron chi connectivity index (χ2n) is 5.13. The largest absolute Gasteiger partial charge is 0.349 e. The van der Waals surface area contributed by atoms with E-state index in [2.05, 4.69) is 23.7 Å². The summed E-state index contributed by atoms with van der Waals surface area (Å²) in [6.07, 6.45) is 3.83. The van der Waals surface area contributed by atoms with Crippen molar-refractivity contribution in [3.63, 3.8) is 0 Å². The van der Waals surface area contributed by atoms with E-state index in [9.17, 15) is 8.42 Å². The van der Waals surface area contributed by atoms with Gasteiger partial charge in [0.2, 0.25) is 10.0 Å². The predicted molar refractivity (Wildman–Crippen MR) is 86.8 cm³/mol. The third kappa shape index (κ3) is 4.56. The molecule has 0 radical (unpaired) electrons. The van der Waals surface area contributed by atoms with Gasteiger partial charge < -0.3 is 9.88 Å². The topological polar surface area (TPSA) is 54.3 Å². The summed E-state index contributed by atoms with van der Waals surface area (Å²) in [4.78, 5) is 0.410. The summed E-state index contributed by atoms with van der Waals surface area (Å²) in [6, 6.07) is 1.81.